The van der Waals surface area contributed by atoms with Crippen molar-refractivity contribution in [1.82, 2.24) is 5.32 Å². The van der Waals surface area contributed by atoms with Crippen molar-refractivity contribution >= 4 is 5.97 Å². The lowest BCUT2D eigenvalue weighted by molar-refractivity contribution is -0.148. The van der Waals surface area contributed by atoms with Crippen molar-refractivity contribution in [3.63, 3.8) is 0 Å². The van der Waals surface area contributed by atoms with Gasteiger partial charge in [0, 0.05) is 18.5 Å². The number of benzene rings is 2. The van der Waals surface area contributed by atoms with Crippen molar-refractivity contribution in [1.29, 1.82) is 0 Å². The zero-order valence-corrected chi connectivity index (χ0v) is 15.4. The van der Waals surface area contributed by atoms with Gasteiger partial charge in [-0.05, 0) is 42.3 Å². The molecule has 0 saturated carbocycles. The van der Waals surface area contributed by atoms with Crippen LogP contribution in [0.25, 0.3) is 0 Å². The van der Waals surface area contributed by atoms with Crippen LogP contribution in [0, 0.1) is 5.92 Å². The molecule has 0 amide bonds. The number of carbonyl (C=O) groups excluding carboxylic acids is 1. The van der Waals surface area contributed by atoms with E-state index >= 15 is 0 Å². The summed E-state index contributed by atoms with van der Waals surface area (Å²) in [5.41, 5.74) is 2.13. The summed E-state index contributed by atoms with van der Waals surface area (Å²) in [4.78, 5) is 12.8. The van der Waals surface area contributed by atoms with Crippen LogP contribution in [-0.4, -0.2) is 33.3 Å². The highest BCUT2D eigenvalue weighted by molar-refractivity contribution is 5.76. The molecular formula is C21H25NO4. The number of esters is 1. The van der Waals surface area contributed by atoms with E-state index in [4.69, 9.17) is 14.2 Å². The van der Waals surface area contributed by atoms with Gasteiger partial charge in [0.2, 0.25) is 0 Å². The molecule has 1 heterocycles. The van der Waals surface area contributed by atoms with E-state index in [1.807, 2.05) is 55.5 Å². The van der Waals surface area contributed by atoms with Crippen molar-refractivity contribution < 1.29 is 19.0 Å². The molecule has 26 heavy (non-hydrogen) atoms. The third-order valence-corrected chi connectivity index (χ3v) is 4.91. The molecule has 0 aromatic heterocycles. The molecule has 2 aromatic carbocycles. The SMILES string of the molecule is CCOC(=O)[C@@H]1[C@@H](c2cccc(OC)c2)CN[C@H]1c1ccc(OC)cc1. The van der Waals surface area contributed by atoms with E-state index in [1.165, 1.54) is 0 Å². The van der Waals surface area contributed by atoms with Crippen molar-refractivity contribution in [2.75, 3.05) is 27.4 Å². The van der Waals surface area contributed by atoms with E-state index in [1.54, 1.807) is 14.2 Å². The van der Waals surface area contributed by atoms with Crippen LogP contribution in [0.1, 0.15) is 30.0 Å². The third-order valence-electron chi connectivity index (χ3n) is 4.91. The number of carbonyl (C=O) groups is 1. The van der Waals surface area contributed by atoms with E-state index in [2.05, 4.69) is 5.32 Å². The fourth-order valence-corrected chi connectivity index (χ4v) is 3.61. The smallest absolute Gasteiger partial charge is 0.311 e. The number of hydrogen-bond acceptors (Lipinski definition) is 5. The first kappa shape index (κ1) is 18.3. The predicted octanol–water partition coefficient (Wildman–Crippen LogP) is 3.31. The standard InChI is InChI=1S/C21H25NO4/c1-4-26-21(23)19-18(15-6-5-7-17(12-15)25-3)13-22-20(19)14-8-10-16(24-2)11-9-14/h5-12,18-20,22H,4,13H2,1-3H3/t18-,19-,20+/m1/s1. The van der Waals surface area contributed by atoms with Gasteiger partial charge in [-0.25, -0.2) is 0 Å². The second kappa shape index (κ2) is 8.23. The molecule has 1 fully saturated rings. The Morgan fingerprint density at radius 2 is 1.77 bits per heavy atom. The van der Waals surface area contributed by atoms with Crippen LogP contribution in [0.3, 0.4) is 0 Å². The summed E-state index contributed by atoms with van der Waals surface area (Å²) in [6.07, 6.45) is 0. The lowest BCUT2D eigenvalue weighted by Gasteiger charge is -2.23. The molecule has 0 spiro atoms. The van der Waals surface area contributed by atoms with Gasteiger partial charge < -0.3 is 19.5 Å². The van der Waals surface area contributed by atoms with Gasteiger partial charge in [0.15, 0.2) is 0 Å². The highest BCUT2D eigenvalue weighted by Crippen LogP contribution is 2.41. The van der Waals surface area contributed by atoms with Crippen LogP contribution in [-0.2, 0) is 9.53 Å². The average Bonchev–Trinajstić information content (AvgIpc) is 3.13. The zero-order chi connectivity index (χ0) is 18.5. The van der Waals surface area contributed by atoms with E-state index < -0.39 is 0 Å². The molecule has 0 unspecified atom stereocenters. The maximum absolute atomic E-state index is 12.8. The Labute approximate surface area is 154 Å². The molecule has 5 heteroatoms. The summed E-state index contributed by atoms with van der Waals surface area (Å²) in [5.74, 6) is 1.14. The minimum atomic E-state index is -0.296. The van der Waals surface area contributed by atoms with Crippen molar-refractivity contribution in [2.24, 2.45) is 5.92 Å². The van der Waals surface area contributed by atoms with Crippen LogP contribution >= 0.6 is 0 Å². The number of hydrogen-bond donors (Lipinski definition) is 1. The Balaban J connectivity index is 1.93. The van der Waals surface area contributed by atoms with Gasteiger partial charge in [-0.15, -0.1) is 0 Å². The first-order valence-corrected chi connectivity index (χ1v) is 8.85. The van der Waals surface area contributed by atoms with Gasteiger partial charge in [-0.3, -0.25) is 4.79 Å². The maximum atomic E-state index is 12.8. The van der Waals surface area contributed by atoms with Crippen molar-refractivity contribution in [2.45, 2.75) is 18.9 Å². The second-order valence-corrected chi connectivity index (χ2v) is 6.32. The lowest BCUT2D eigenvalue weighted by atomic mass is 9.83. The molecule has 1 N–H and O–H groups in total. The van der Waals surface area contributed by atoms with Crippen LogP contribution < -0.4 is 14.8 Å². The molecule has 0 bridgehead atoms. The van der Waals surface area contributed by atoms with E-state index in [0.717, 1.165) is 22.6 Å². The molecule has 5 nitrogen and oxygen atoms in total. The summed E-state index contributed by atoms with van der Waals surface area (Å²) >= 11 is 0. The Bertz CT molecular complexity index is 744. The van der Waals surface area contributed by atoms with Gasteiger partial charge in [0.1, 0.15) is 11.5 Å². The van der Waals surface area contributed by atoms with Crippen LogP contribution in [0.15, 0.2) is 48.5 Å². The Kier molecular flexibility index (Phi) is 5.78. The molecule has 1 aliphatic rings. The predicted molar refractivity (Wildman–Crippen MR) is 99.6 cm³/mol. The van der Waals surface area contributed by atoms with Crippen LogP contribution in [0.4, 0.5) is 0 Å². The third kappa shape index (κ3) is 3.68. The zero-order valence-electron chi connectivity index (χ0n) is 15.4. The van der Waals surface area contributed by atoms with Crippen LogP contribution in [0.2, 0.25) is 0 Å². The normalized spacial score (nSPS) is 22.0. The summed E-state index contributed by atoms with van der Waals surface area (Å²) < 4.78 is 16.0. The summed E-state index contributed by atoms with van der Waals surface area (Å²) in [6, 6.07) is 15.6. The molecule has 3 atom stereocenters. The minimum absolute atomic E-state index is 0.0243. The van der Waals surface area contributed by atoms with Crippen LogP contribution in [0.5, 0.6) is 11.5 Å². The van der Waals surface area contributed by atoms with Gasteiger partial charge in [0.05, 0.1) is 26.7 Å². The van der Waals surface area contributed by atoms with E-state index in [9.17, 15) is 4.79 Å². The summed E-state index contributed by atoms with van der Waals surface area (Å²) in [6.45, 7) is 2.91. The van der Waals surface area contributed by atoms with Crippen molar-refractivity contribution in [3.05, 3.63) is 59.7 Å². The highest BCUT2D eigenvalue weighted by Gasteiger charge is 2.43. The van der Waals surface area contributed by atoms with Gasteiger partial charge in [0.25, 0.3) is 0 Å². The molecule has 0 aliphatic carbocycles. The minimum Gasteiger partial charge on any atom is -0.497 e. The van der Waals surface area contributed by atoms with Gasteiger partial charge in [-0.1, -0.05) is 24.3 Å². The fourth-order valence-electron chi connectivity index (χ4n) is 3.61. The summed E-state index contributed by atoms with van der Waals surface area (Å²) in [5, 5.41) is 3.50. The number of rotatable bonds is 6. The Hall–Kier alpha value is -2.53. The second-order valence-electron chi connectivity index (χ2n) is 6.32. The monoisotopic (exact) mass is 355 g/mol. The average molecular weight is 355 g/mol. The number of nitrogens with one attached hydrogen (secondary N) is 1. The first-order chi connectivity index (χ1) is 12.7. The molecule has 1 saturated heterocycles. The Morgan fingerprint density at radius 3 is 2.42 bits per heavy atom. The van der Waals surface area contributed by atoms with E-state index in [-0.39, 0.29) is 23.8 Å². The fraction of sp³-hybridized carbons (Fsp3) is 0.381. The molecular weight excluding hydrogens is 330 g/mol. The first-order valence-electron chi connectivity index (χ1n) is 8.85. The maximum Gasteiger partial charge on any atom is 0.311 e. The molecule has 2 aromatic rings. The van der Waals surface area contributed by atoms with Crippen molar-refractivity contribution in [3.8, 4) is 11.5 Å². The molecule has 138 valence electrons. The molecule has 1 aliphatic heterocycles. The number of ether oxygens (including phenoxy) is 3. The largest absolute Gasteiger partial charge is 0.497 e. The van der Waals surface area contributed by atoms with Gasteiger partial charge in [-0.2, -0.15) is 0 Å². The summed E-state index contributed by atoms with van der Waals surface area (Å²) in [7, 11) is 3.29. The Morgan fingerprint density at radius 1 is 1.04 bits per heavy atom. The topological polar surface area (TPSA) is 56.8 Å². The van der Waals surface area contributed by atoms with E-state index in [0.29, 0.717) is 13.2 Å². The number of methoxy groups -OCH3 is 2. The van der Waals surface area contributed by atoms with Gasteiger partial charge >= 0.3 is 5.97 Å². The molecule has 3 rings (SSSR count). The highest BCUT2D eigenvalue weighted by atomic mass is 16.5. The lowest BCUT2D eigenvalue weighted by Crippen LogP contribution is -2.27. The molecule has 0 radical (unpaired) electrons. The quantitative estimate of drug-likeness (QED) is 0.806.